The molecule has 1 heterocycles. The lowest BCUT2D eigenvalue weighted by Gasteiger charge is -2.42. The quantitative estimate of drug-likeness (QED) is 0.559. The predicted molar refractivity (Wildman–Crippen MR) is 115 cm³/mol. The smallest absolute Gasteiger partial charge is 0.341 e. The number of nitrogens with zero attached hydrogens (tertiary/aromatic N) is 2. The van der Waals surface area contributed by atoms with Crippen LogP contribution in [0.1, 0.15) is 29.7 Å². The number of Topliss-reactive ketones (excluding diaryl/α,β-unsaturated/α-hetero) is 1. The van der Waals surface area contributed by atoms with Gasteiger partial charge in [-0.25, -0.2) is 0 Å². The molecule has 0 saturated heterocycles. The van der Waals surface area contributed by atoms with E-state index >= 15 is 0 Å². The van der Waals surface area contributed by atoms with Crippen molar-refractivity contribution >= 4 is 34.7 Å². The number of benzene rings is 2. The van der Waals surface area contributed by atoms with E-state index in [0.29, 0.717) is 27.0 Å². The van der Waals surface area contributed by atoms with Crippen LogP contribution in [0.5, 0.6) is 0 Å². The lowest BCUT2D eigenvalue weighted by molar-refractivity contribution is -0.137. The molecule has 1 atom stereocenters. The van der Waals surface area contributed by atoms with Crippen molar-refractivity contribution in [2.45, 2.75) is 25.6 Å². The number of likely N-dealkylation sites (N-methyl/N-ethyl adjacent to an activating group) is 1. The molecule has 158 valence electrons. The summed E-state index contributed by atoms with van der Waals surface area (Å²) in [5, 5.41) is 0.990. The third-order valence-corrected chi connectivity index (χ3v) is 6.06. The molecule has 0 spiro atoms. The number of rotatable bonds is 4. The average Bonchev–Trinajstić information content (AvgIpc) is 2.70. The molecule has 8 heteroatoms. The van der Waals surface area contributed by atoms with Gasteiger partial charge in [-0.1, -0.05) is 35.9 Å². The summed E-state index contributed by atoms with van der Waals surface area (Å²) in [5.74, 6) is -0.182. The Morgan fingerprint density at radius 2 is 1.77 bits per heavy atom. The molecular formula is C22H20ClF3N2OS. The first-order chi connectivity index (χ1) is 14.0. The second kappa shape index (κ2) is 8.40. The zero-order chi connectivity index (χ0) is 22.2. The number of carbonyl (C=O) groups excluding carboxylic acids is 1. The Balaban J connectivity index is 2.08. The van der Waals surface area contributed by atoms with Crippen molar-refractivity contribution in [1.82, 2.24) is 9.80 Å². The predicted octanol–water partition coefficient (Wildman–Crippen LogP) is 5.65. The fourth-order valence-corrected chi connectivity index (χ4v) is 3.94. The number of ketones is 1. The van der Waals surface area contributed by atoms with E-state index in [-0.39, 0.29) is 12.2 Å². The number of carbonyl (C=O) groups is 1. The van der Waals surface area contributed by atoms with Crippen LogP contribution >= 0.6 is 23.8 Å². The molecule has 0 amide bonds. The Hall–Kier alpha value is -2.38. The van der Waals surface area contributed by atoms with Crippen molar-refractivity contribution in [3.63, 3.8) is 0 Å². The maximum Gasteiger partial charge on any atom is 0.416 e. The second-order valence-corrected chi connectivity index (χ2v) is 8.01. The number of hydrogen-bond donors (Lipinski definition) is 0. The SMILES string of the molecule is CC1=C(C(=O)Cc2ccc(Cl)cc2)C(c2cccc(C(F)(F)F)c2)N(C)C(=S)N1C. The summed E-state index contributed by atoms with van der Waals surface area (Å²) in [4.78, 5) is 16.7. The number of allylic oxidation sites excluding steroid dienone is 1. The van der Waals surface area contributed by atoms with Crippen molar-refractivity contribution in [3.8, 4) is 0 Å². The topological polar surface area (TPSA) is 23.6 Å². The molecule has 0 radical (unpaired) electrons. The third-order valence-electron chi connectivity index (χ3n) is 5.25. The lowest BCUT2D eigenvalue weighted by atomic mass is 9.88. The van der Waals surface area contributed by atoms with Gasteiger partial charge in [0.2, 0.25) is 0 Å². The minimum atomic E-state index is -4.48. The average molecular weight is 453 g/mol. The zero-order valence-electron chi connectivity index (χ0n) is 16.6. The van der Waals surface area contributed by atoms with Crippen LogP contribution in [0.3, 0.4) is 0 Å². The first-order valence-corrected chi connectivity index (χ1v) is 9.95. The van der Waals surface area contributed by atoms with Gasteiger partial charge in [0.15, 0.2) is 10.9 Å². The molecule has 0 saturated carbocycles. The third kappa shape index (κ3) is 4.37. The molecule has 0 N–H and O–H groups in total. The van der Waals surface area contributed by atoms with E-state index < -0.39 is 17.8 Å². The summed E-state index contributed by atoms with van der Waals surface area (Å²) in [7, 11) is 3.43. The molecule has 2 aromatic carbocycles. The van der Waals surface area contributed by atoms with Gasteiger partial charge >= 0.3 is 6.18 Å². The van der Waals surface area contributed by atoms with Crippen molar-refractivity contribution < 1.29 is 18.0 Å². The minimum absolute atomic E-state index is 0.105. The van der Waals surface area contributed by atoms with E-state index in [2.05, 4.69) is 0 Å². The minimum Gasteiger partial charge on any atom is -0.341 e. The summed E-state index contributed by atoms with van der Waals surface area (Å²) in [5.41, 5.74) is 1.41. The summed E-state index contributed by atoms with van der Waals surface area (Å²) < 4.78 is 39.9. The molecule has 1 unspecified atom stereocenters. The Labute approximate surface area is 183 Å². The highest BCUT2D eigenvalue weighted by Crippen LogP contribution is 2.39. The maximum absolute atomic E-state index is 13.3. The molecule has 0 aromatic heterocycles. The first-order valence-electron chi connectivity index (χ1n) is 9.16. The summed E-state index contributed by atoms with van der Waals surface area (Å²) >= 11 is 11.4. The van der Waals surface area contributed by atoms with Crippen LogP contribution in [0.2, 0.25) is 5.02 Å². The van der Waals surface area contributed by atoms with Gasteiger partial charge in [0.25, 0.3) is 0 Å². The number of halogens is 4. The first kappa shape index (κ1) is 22.3. The fourth-order valence-electron chi connectivity index (χ4n) is 3.58. The Morgan fingerprint density at radius 3 is 2.37 bits per heavy atom. The Bertz CT molecular complexity index is 1020. The van der Waals surface area contributed by atoms with E-state index in [9.17, 15) is 18.0 Å². The van der Waals surface area contributed by atoms with Gasteiger partial charge in [-0.2, -0.15) is 13.2 Å². The number of hydrogen-bond acceptors (Lipinski definition) is 2. The second-order valence-electron chi connectivity index (χ2n) is 7.20. The summed E-state index contributed by atoms with van der Waals surface area (Å²) in [6, 6.07) is 11.2. The van der Waals surface area contributed by atoms with Crippen LogP contribution < -0.4 is 0 Å². The highest BCUT2D eigenvalue weighted by molar-refractivity contribution is 7.80. The number of alkyl halides is 3. The monoisotopic (exact) mass is 452 g/mol. The van der Waals surface area contributed by atoms with Gasteiger partial charge < -0.3 is 9.80 Å². The van der Waals surface area contributed by atoms with Gasteiger partial charge in [-0.15, -0.1) is 0 Å². The van der Waals surface area contributed by atoms with Crippen LogP contribution in [-0.4, -0.2) is 34.8 Å². The summed E-state index contributed by atoms with van der Waals surface area (Å²) in [6.07, 6.45) is -4.37. The van der Waals surface area contributed by atoms with Crippen LogP contribution in [-0.2, 0) is 17.4 Å². The van der Waals surface area contributed by atoms with Gasteiger partial charge in [0.05, 0.1) is 11.6 Å². The van der Waals surface area contributed by atoms with E-state index in [1.54, 1.807) is 61.2 Å². The molecule has 3 rings (SSSR count). The fraction of sp³-hybridized carbons (Fsp3) is 0.273. The highest BCUT2D eigenvalue weighted by atomic mass is 35.5. The molecular weight excluding hydrogens is 433 g/mol. The molecule has 1 aliphatic heterocycles. The van der Waals surface area contributed by atoms with Crippen LogP contribution in [0.25, 0.3) is 0 Å². The molecule has 3 nitrogen and oxygen atoms in total. The largest absolute Gasteiger partial charge is 0.416 e. The van der Waals surface area contributed by atoms with Crippen molar-refractivity contribution in [3.05, 3.63) is 81.5 Å². The van der Waals surface area contributed by atoms with E-state index in [1.165, 1.54) is 6.07 Å². The van der Waals surface area contributed by atoms with E-state index in [4.69, 9.17) is 23.8 Å². The van der Waals surface area contributed by atoms with Crippen LogP contribution in [0, 0.1) is 0 Å². The molecule has 1 aliphatic rings. The normalized spacial score (nSPS) is 17.6. The molecule has 30 heavy (non-hydrogen) atoms. The Kier molecular flexibility index (Phi) is 6.24. The van der Waals surface area contributed by atoms with E-state index in [1.807, 2.05) is 0 Å². The molecule has 0 bridgehead atoms. The zero-order valence-corrected chi connectivity index (χ0v) is 18.2. The maximum atomic E-state index is 13.3. The summed E-state index contributed by atoms with van der Waals surface area (Å²) in [6.45, 7) is 1.76. The van der Waals surface area contributed by atoms with Gasteiger partial charge in [-0.05, 0) is 54.5 Å². The lowest BCUT2D eigenvalue weighted by Crippen LogP contribution is -2.47. The van der Waals surface area contributed by atoms with Gasteiger partial charge in [0, 0.05) is 36.8 Å². The number of thiocarbonyl (C=S) groups is 1. The van der Waals surface area contributed by atoms with Crippen molar-refractivity contribution in [2.75, 3.05) is 14.1 Å². The highest BCUT2D eigenvalue weighted by Gasteiger charge is 2.38. The standard InChI is InChI=1S/C22H20ClF3N2OS/c1-13-19(18(29)11-14-7-9-17(23)10-8-14)20(28(3)21(30)27(13)2)15-5-4-6-16(12-15)22(24,25)26/h4-10,12,20H,11H2,1-3H3. The molecule has 0 fully saturated rings. The Morgan fingerprint density at radius 1 is 1.13 bits per heavy atom. The van der Waals surface area contributed by atoms with Gasteiger partial charge in [-0.3, -0.25) is 4.79 Å². The van der Waals surface area contributed by atoms with Crippen LogP contribution in [0.4, 0.5) is 13.2 Å². The molecule has 0 aliphatic carbocycles. The van der Waals surface area contributed by atoms with E-state index in [0.717, 1.165) is 17.7 Å². The van der Waals surface area contributed by atoms with Gasteiger partial charge in [0.1, 0.15) is 0 Å². The van der Waals surface area contributed by atoms with Crippen molar-refractivity contribution in [1.29, 1.82) is 0 Å². The van der Waals surface area contributed by atoms with Crippen LogP contribution in [0.15, 0.2) is 59.8 Å². The molecule has 2 aromatic rings. The van der Waals surface area contributed by atoms with Crippen molar-refractivity contribution in [2.24, 2.45) is 0 Å².